The molecule has 1 aromatic carbocycles. The van der Waals surface area contributed by atoms with Crippen molar-refractivity contribution in [3.05, 3.63) is 35.9 Å². The Labute approximate surface area is 170 Å². The third-order valence-electron chi connectivity index (χ3n) is 5.44. The van der Waals surface area contributed by atoms with Gasteiger partial charge in [-0.25, -0.2) is 0 Å². The summed E-state index contributed by atoms with van der Waals surface area (Å²) < 4.78 is 36.3. The minimum absolute atomic E-state index is 0.274. The molecule has 158 valence electrons. The highest BCUT2D eigenvalue weighted by molar-refractivity contribution is 6.01. The summed E-state index contributed by atoms with van der Waals surface area (Å²) in [6.45, 7) is 7.78. The first-order chi connectivity index (χ1) is 13.8. The van der Waals surface area contributed by atoms with Crippen LogP contribution in [0.3, 0.4) is 0 Å². The molecule has 0 aromatic heterocycles. The molecule has 4 aliphatic heterocycles. The molecule has 4 heterocycles. The van der Waals surface area contributed by atoms with Crippen molar-refractivity contribution < 1.29 is 33.3 Å². The van der Waals surface area contributed by atoms with Crippen molar-refractivity contribution in [2.75, 3.05) is 6.61 Å². The summed E-state index contributed by atoms with van der Waals surface area (Å²) in [7, 11) is 0. The zero-order valence-electron chi connectivity index (χ0n) is 17.1. The van der Waals surface area contributed by atoms with Gasteiger partial charge in [-0.05, 0) is 33.3 Å². The van der Waals surface area contributed by atoms with E-state index >= 15 is 0 Å². The van der Waals surface area contributed by atoms with Gasteiger partial charge in [0, 0.05) is 0 Å². The van der Waals surface area contributed by atoms with Crippen LogP contribution >= 0.6 is 0 Å². The standard InChI is InChI=1S/C21H27NO7/c1-20(2)25-16-14(24-19-18(17(16)26-20)27-21(3,4)28-19)11-23-15-10-13(22-29-15)12-8-6-5-7-9-12/h5-9,14-19H,10-11H2,1-4H3/t14-,15+,16+,17+,18-,19-/m1/s1. The Hall–Kier alpha value is -1.55. The number of hydrogen-bond donors (Lipinski definition) is 0. The summed E-state index contributed by atoms with van der Waals surface area (Å²) in [6, 6.07) is 9.93. The molecule has 0 saturated carbocycles. The maximum Gasteiger partial charge on any atom is 0.232 e. The summed E-state index contributed by atoms with van der Waals surface area (Å²) in [4.78, 5) is 5.47. The Morgan fingerprint density at radius 1 is 0.931 bits per heavy atom. The molecular formula is C21H27NO7. The van der Waals surface area contributed by atoms with Crippen LogP contribution in [0.5, 0.6) is 0 Å². The average molecular weight is 405 g/mol. The van der Waals surface area contributed by atoms with Crippen LogP contribution in [-0.2, 0) is 33.3 Å². The molecule has 0 bridgehead atoms. The quantitative estimate of drug-likeness (QED) is 0.762. The maximum absolute atomic E-state index is 6.15. The number of rotatable bonds is 4. The van der Waals surface area contributed by atoms with E-state index < -0.39 is 24.2 Å². The molecule has 5 rings (SSSR count). The predicted molar refractivity (Wildman–Crippen MR) is 101 cm³/mol. The molecule has 0 spiro atoms. The van der Waals surface area contributed by atoms with E-state index in [9.17, 15) is 0 Å². The largest absolute Gasteiger partial charge is 0.363 e. The summed E-state index contributed by atoms with van der Waals surface area (Å²) in [6.07, 6.45) is -1.74. The lowest BCUT2D eigenvalue weighted by Gasteiger charge is -2.37. The van der Waals surface area contributed by atoms with Crippen LogP contribution in [0.4, 0.5) is 0 Å². The molecule has 0 aliphatic carbocycles. The summed E-state index contributed by atoms with van der Waals surface area (Å²) in [5.74, 6) is -1.46. The summed E-state index contributed by atoms with van der Waals surface area (Å²) in [5.41, 5.74) is 1.90. The second kappa shape index (κ2) is 7.01. The van der Waals surface area contributed by atoms with Crippen LogP contribution in [0.2, 0.25) is 0 Å². The van der Waals surface area contributed by atoms with Crippen LogP contribution in [-0.4, -0.2) is 60.9 Å². The zero-order chi connectivity index (χ0) is 20.2. The fourth-order valence-electron chi connectivity index (χ4n) is 4.28. The SMILES string of the molecule is CC1(C)O[C@H]2[C@@H](O1)[C@@H](CO[C@@H]1CC(c3ccccc3)=NO1)O[C@@H]1OC(C)(C)O[C@@H]12. The zero-order valence-corrected chi connectivity index (χ0v) is 17.1. The summed E-state index contributed by atoms with van der Waals surface area (Å²) >= 11 is 0. The van der Waals surface area contributed by atoms with Gasteiger partial charge in [0.05, 0.1) is 18.7 Å². The molecule has 0 unspecified atom stereocenters. The van der Waals surface area contributed by atoms with E-state index in [1.807, 2.05) is 58.0 Å². The van der Waals surface area contributed by atoms with Crippen molar-refractivity contribution in [2.45, 2.75) is 82.7 Å². The lowest BCUT2D eigenvalue weighted by molar-refractivity contribution is -0.254. The first-order valence-corrected chi connectivity index (χ1v) is 10.1. The lowest BCUT2D eigenvalue weighted by atomic mass is 9.99. The topological polar surface area (TPSA) is 77.0 Å². The number of oxime groups is 1. The van der Waals surface area contributed by atoms with Crippen LogP contribution in [0.25, 0.3) is 0 Å². The fraction of sp³-hybridized carbons (Fsp3) is 0.667. The van der Waals surface area contributed by atoms with Crippen molar-refractivity contribution in [2.24, 2.45) is 5.16 Å². The Kier molecular flexibility index (Phi) is 4.69. The number of nitrogens with zero attached hydrogens (tertiary/aromatic N) is 1. The number of ether oxygens (including phenoxy) is 6. The van der Waals surface area contributed by atoms with Gasteiger partial charge in [0.1, 0.15) is 24.4 Å². The highest BCUT2D eigenvalue weighted by atomic mass is 16.9. The van der Waals surface area contributed by atoms with Crippen molar-refractivity contribution in [3.8, 4) is 0 Å². The highest BCUT2D eigenvalue weighted by Crippen LogP contribution is 2.44. The van der Waals surface area contributed by atoms with E-state index in [-0.39, 0.29) is 31.0 Å². The number of fused-ring (bicyclic) bond motifs is 3. The van der Waals surface area contributed by atoms with Gasteiger partial charge < -0.3 is 33.3 Å². The molecule has 6 atom stereocenters. The van der Waals surface area contributed by atoms with E-state index in [4.69, 9.17) is 33.3 Å². The van der Waals surface area contributed by atoms with Gasteiger partial charge in [-0.2, -0.15) is 0 Å². The Balaban J connectivity index is 1.23. The Morgan fingerprint density at radius 3 is 2.41 bits per heavy atom. The molecule has 29 heavy (non-hydrogen) atoms. The summed E-state index contributed by atoms with van der Waals surface area (Å²) in [5, 5.41) is 4.16. The molecule has 1 aromatic rings. The molecule has 4 aliphatic rings. The third-order valence-corrected chi connectivity index (χ3v) is 5.44. The van der Waals surface area contributed by atoms with Crippen LogP contribution < -0.4 is 0 Å². The van der Waals surface area contributed by atoms with Gasteiger partial charge >= 0.3 is 0 Å². The number of benzene rings is 1. The van der Waals surface area contributed by atoms with Gasteiger partial charge in [-0.3, -0.25) is 0 Å². The molecule has 3 fully saturated rings. The number of hydrogen-bond acceptors (Lipinski definition) is 8. The molecule has 0 radical (unpaired) electrons. The maximum atomic E-state index is 6.15. The van der Waals surface area contributed by atoms with Gasteiger partial charge in [-0.15, -0.1) is 0 Å². The molecule has 0 amide bonds. The van der Waals surface area contributed by atoms with Crippen LogP contribution in [0.15, 0.2) is 35.5 Å². The smallest absolute Gasteiger partial charge is 0.232 e. The van der Waals surface area contributed by atoms with E-state index in [0.29, 0.717) is 6.42 Å². The lowest BCUT2D eigenvalue weighted by Crippen LogP contribution is -2.56. The predicted octanol–water partition coefficient (Wildman–Crippen LogP) is 2.55. The van der Waals surface area contributed by atoms with Crippen LogP contribution in [0, 0.1) is 0 Å². The van der Waals surface area contributed by atoms with Gasteiger partial charge in [0.15, 0.2) is 17.9 Å². The monoisotopic (exact) mass is 405 g/mol. The molecule has 8 heteroatoms. The molecule has 8 nitrogen and oxygen atoms in total. The molecule has 0 N–H and O–H groups in total. The van der Waals surface area contributed by atoms with Crippen molar-refractivity contribution in [1.29, 1.82) is 0 Å². The van der Waals surface area contributed by atoms with E-state index in [1.54, 1.807) is 0 Å². The normalized spacial score (nSPS) is 39.5. The van der Waals surface area contributed by atoms with E-state index in [2.05, 4.69) is 5.16 Å². The first-order valence-electron chi connectivity index (χ1n) is 10.1. The minimum Gasteiger partial charge on any atom is -0.363 e. The Morgan fingerprint density at radius 2 is 1.62 bits per heavy atom. The van der Waals surface area contributed by atoms with Crippen LogP contribution in [0.1, 0.15) is 39.7 Å². The second-order valence-corrected chi connectivity index (χ2v) is 8.68. The molecule has 3 saturated heterocycles. The van der Waals surface area contributed by atoms with Crippen molar-refractivity contribution in [3.63, 3.8) is 0 Å². The Bertz CT molecular complexity index is 780. The van der Waals surface area contributed by atoms with Crippen molar-refractivity contribution in [1.82, 2.24) is 0 Å². The van der Waals surface area contributed by atoms with Gasteiger partial charge in [-0.1, -0.05) is 35.5 Å². The first kappa shape index (κ1) is 19.4. The second-order valence-electron chi connectivity index (χ2n) is 8.68. The molecular weight excluding hydrogens is 378 g/mol. The van der Waals surface area contributed by atoms with Gasteiger partial charge in [0.25, 0.3) is 0 Å². The van der Waals surface area contributed by atoms with Crippen molar-refractivity contribution >= 4 is 5.71 Å². The minimum atomic E-state index is -0.737. The fourth-order valence-corrected chi connectivity index (χ4v) is 4.28. The van der Waals surface area contributed by atoms with E-state index in [1.165, 1.54) is 0 Å². The van der Waals surface area contributed by atoms with Gasteiger partial charge in [0.2, 0.25) is 6.29 Å². The third kappa shape index (κ3) is 3.81. The average Bonchev–Trinajstić information content (AvgIpc) is 3.34. The van der Waals surface area contributed by atoms with E-state index in [0.717, 1.165) is 11.3 Å². The highest BCUT2D eigenvalue weighted by Gasteiger charge is 2.60.